The van der Waals surface area contributed by atoms with E-state index < -0.39 is 17.6 Å². The standard InChI is InChI=1S/C11H9F3N4O/c12-11(13,14)6-1-3-7(4-2-6)18-5-8(10(16)19)9(15)17-18/h1-5H,(H2,15,17)(H2,16,19). The van der Waals surface area contributed by atoms with Crippen molar-refractivity contribution in [3.63, 3.8) is 0 Å². The van der Waals surface area contributed by atoms with Crippen LogP contribution in [0.25, 0.3) is 5.69 Å². The first-order valence-corrected chi connectivity index (χ1v) is 5.11. The fourth-order valence-corrected chi connectivity index (χ4v) is 1.51. The molecule has 1 aromatic carbocycles. The molecule has 1 heterocycles. The van der Waals surface area contributed by atoms with E-state index in [2.05, 4.69) is 5.10 Å². The normalized spacial score (nSPS) is 11.5. The van der Waals surface area contributed by atoms with E-state index in [9.17, 15) is 18.0 Å². The first-order chi connectivity index (χ1) is 8.79. The first kappa shape index (κ1) is 12.9. The monoisotopic (exact) mass is 270 g/mol. The maximum absolute atomic E-state index is 12.4. The maximum Gasteiger partial charge on any atom is 0.416 e. The Morgan fingerprint density at radius 2 is 1.79 bits per heavy atom. The van der Waals surface area contributed by atoms with E-state index in [1.165, 1.54) is 23.0 Å². The van der Waals surface area contributed by atoms with Crippen LogP contribution < -0.4 is 11.5 Å². The summed E-state index contributed by atoms with van der Waals surface area (Å²) in [6.45, 7) is 0. The minimum absolute atomic E-state index is 0.0138. The molecule has 0 fully saturated rings. The van der Waals surface area contributed by atoms with E-state index in [1.807, 2.05) is 0 Å². The molecule has 0 bridgehead atoms. The molecule has 100 valence electrons. The number of benzene rings is 1. The van der Waals surface area contributed by atoms with Crippen molar-refractivity contribution in [3.8, 4) is 5.69 Å². The van der Waals surface area contributed by atoms with Crippen molar-refractivity contribution in [2.45, 2.75) is 6.18 Å². The number of nitrogens with zero attached hydrogens (tertiary/aromatic N) is 2. The summed E-state index contributed by atoms with van der Waals surface area (Å²) in [7, 11) is 0. The summed E-state index contributed by atoms with van der Waals surface area (Å²) >= 11 is 0. The predicted molar refractivity (Wildman–Crippen MR) is 61.5 cm³/mol. The Morgan fingerprint density at radius 3 is 2.21 bits per heavy atom. The molecule has 1 aromatic heterocycles. The van der Waals surface area contributed by atoms with Crippen molar-refractivity contribution < 1.29 is 18.0 Å². The van der Waals surface area contributed by atoms with E-state index in [0.29, 0.717) is 5.69 Å². The van der Waals surface area contributed by atoms with Crippen LogP contribution in [0.15, 0.2) is 30.5 Å². The van der Waals surface area contributed by atoms with E-state index in [4.69, 9.17) is 11.5 Å². The van der Waals surface area contributed by atoms with Gasteiger partial charge >= 0.3 is 6.18 Å². The highest BCUT2D eigenvalue weighted by Crippen LogP contribution is 2.29. The van der Waals surface area contributed by atoms with Crippen LogP contribution in [0.1, 0.15) is 15.9 Å². The van der Waals surface area contributed by atoms with Crippen molar-refractivity contribution >= 4 is 11.7 Å². The van der Waals surface area contributed by atoms with E-state index >= 15 is 0 Å². The molecule has 0 radical (unpaired) electrons. The number of hydrogen-bond acceptors (Lipinski definition) is 3. The first-order valence-electron chi connectivity index (χ1n) is 5.11. The zero-order valence-corrected chi connectivity index (χ0v) is 9.48. The number of nitrogens with two attached hydrogens (primary N) is 2. The van der Waals surface area contributed by atoms with Gasteiger partial charge < -0.3 is 11.5 Å². The van der Waals surface area contributed by atoms with Crippen LogP contribution in [-0.2, 0) is 6.18 Å². The Kier molecular flexibility index (Phi) is 2.93. The molecule has 1 amide bonds. The number of amides is 1. The van der Waals surface area contributed by atoms with E-state index in [0.717, 1.165) is 12.1 Å². The van der Waals surface area contributed by atoms with Crippen LogP contribution in [0.3, 0.4) is 0 Å². The molecular weight excluding hydrogens is 261 g/mol. The molecule has 19 heavy (non-hydrogen) atoms. The number of halogens is 3. The van der Waals surface area contributed by atoms with Crippen LogP contribution >= 0.6 is 0 Å². The van der Waals surface area contributed by atoms with Gasteiger partial charge in [-0.2, -0.15) is 13.2 Å². The van der Waals surface area contributed by atoms with Crippen molar-refractivity contribution in [1.29, 1.82) is 0 Å². The number of hydrogen-bond donors (Lipinski definition) is 2. The highest BCUT2D eigenvalue weighted by Gasteiger charge is 2.30. The average molecular weight is 270 g/mol. The Labute approximate surface area is 105 Å². The van der Waals surface area contributed by atoms with Gasteiger partial charge in [0.1, 0.15) is 5.56 Å². The predicted octanol–water partition coefficient (Wildman–Crippen LogP) is 1.57. The summed E-state index contributed by atoms with van der Waals surface area (Å²) in [6.07, 6.45) is -3.14. The lowest BCUT2D eigenvalue weighted by molar-refractivity contribution is -0.137. The number of aromatic nitrogens is 2. The second kappa shape index (κ2) is 4.30. The number of rotatable bonds is 2. The zero-order chi connectivity index (χ0) is 14.2. The fourth-order valence-electron chi connectivity index (χ4n) is 1.51. The van der Waals surface area contributed by atoms with E-state index in [-0.39, 0.29) is 11.4 Å². The summed E-state index contributed by atoms with van der Waals surface area (Å²) in [5.74, 6) is -0.831. The lowest BCUT2D eigenvalue weighted by atomic mass is 10.2. The molecule has 2 aromatic rings. The van der Waals surface area contributed by atoms with Gasteiger partial charge in [0.15, 0.2) is 5.82 Å². The van der Waals surface area contributed by atoms with Crippen LogP contribution in [-0.4, -0.2) is 15.7 Å². The van der Waals surface area contributed by atoms with Crippen molar-refractivity contribution in [3.05, 3.63) is 41.6 Å². The Bertz CT molecular complexity index is 616. The Balaban J connectivity index is 2.38. The van der Waals surface area contributed by atoms with Crippen LogP contribution in [0.4, 0.5) is 19.0 Å². The number of primary amides is 1. The third-order valence-electron chi connectivity index (χ3n) is 2.47. The molecule has 0 spiro atoms. The van der Waals surface area contributed by atoms with Crippen molar-refractivity contribution in [1.82, 2.24) is 9.78 Å². The molecule has 0 aliphatic carbocycles. The van der Waals surface area contributed by atoms with Gasteiger partial charge in [0, 0.05) is 6.20 Å². The van der Waals surface area contributed by atoms with Gasteiger partial charge in [0.2, 0.25) is 0 Å². The number of carbonyl (C=O) groups is 1. The largest absolute Gasteiger partial charge is 0.416 e. The summed E-state index contributed by atoms with van der Waals surface area (Å²) < 4.78 is 38.4. The average Bonchev–Trinajstić information content (AvgIpc) is 2.70. The lowest BCUT2D eigenvalue weighted by Crippen LogP contribution is -2.11. The smallest absolute Gasteiger partial charge is 0.382 e. The lowest BCUT2D eigenvalue weighted by Gasteiger charge is -2.07. The molecule has 0 unspecified atom stereocenters. The highest BCUT2D eigenvalue weighted by atomic mass is 19.4. The summed E-state index contributed by atoms with van der Waals surface area (Å²) in [4.78, 5) is 11.0. The molecule has 0 saturated heterocycles. The quantitative estimate of drug-likeness (QED) is 0.868. The van der Waals surface area contributed by atoms with Gasteiger partial charge in [-0.05, 0) is 24.3 Å². The number of alkyl halides is 3. The number of anilines is 1. The van der Waals surface area contributed by atoms with Crippen LogP contribution in [0, 0.1) is 0 Å². The molecule has 0 aliphatic rings. The van der Waals surface area contributed by atoms with Crippen molar-refractivity contribution in [2.24, 2.45) is 5.73 Å². The zero-order valence-electron chi connectivity index (χ0n) is 9.48. The van der Waals surface area contributed by atoms with Gasteiger partial charge in [-0.3, -0.25) is 4.79 Å². The van der Waals surface area contributed by atoms with Crippen LogP contribution in [0.5, 0.6) is 0 Å². The molecule has 0 aliphatic heterocycles. The molecular formula is C11H9F3N4O. The minimum Gasteiger partial charge on any atom is -0.382 e. The fraction of sp³-hybridized carbons (Fsp3) is 0.0909. The maximum atomic E-state index is 12.4. The summed E-state index contributed by atoms with van der Waals surface area (Å²) in [6, 6.07) is 4.27. The van der Waals surface area contributed by atoms with Crippen LogP contribution in [0.2, 0.25) is 0 Å². The Hall–Kier alpha value is -2.51. The van der Waals surface area contributed by atoms with Gasteiger partial charge in [0.05, 0.1) is 11.3 Å². The van der Waals surface area contributed by atoms with Crippen molar-refractivity contribution in [2.75, 3.05) is 5.73 Å². The topological polar surface area (TPSA) is 86.9 Å². The SMILES string of the molecule is NC(=O)c1cn(-c2ccc(C(F)(F)F)cc2)nc1N. The summed E-state index contributed by atoms with van der Waals surface area (Å²) in [5, 5.41) is 3.81. The van der Waals surface area contributed by atoms with Gasteiger partial charge in [-0.15, -0.1) is 5.10 Å². The number of carbonyl (C=O) groups excluding carboxylic acids is 1. The second-order valence-corrected chi connectivity index (χ2v) is 3.78. The number of nitrogen functional groups attached to an aromatic ring is 1. The molecule has 0 saturated carbocycles. The third-order valence-corrected chi connectivity index (χ3v) is 2.47. The third kappa shape index (κ3) is 2.51. The minimum atomic E-state index is -4.40. The summed E-state index contributed by atoms with van der Waals surface area (Å²) in [5.41, 5.74) is 10.1. The second-order valence-electron chi connectivity index (χ2n) is 3.78. The van der Waals surface area contributed by atoms with E-state index in [1.54, 1.807) is 0 Å². The molecule has 2 rings (SSSR count). The van der Waals surface area contributed by atoms with Gasteiger partial charge in [0.25, 0.3) is 5.91 Å². The molecule has 0 atom stereocenters. The Morgan fingerprint density at radius 1 is 1.21 bits per heavy atom. The highest BCUT2D eigenvalue weighted by molar-refractivity contribution is 5.96. The molecule has 4 N–H and O–H groups in total. The molecule has 5 nitrogen and oxygen atoms in total. The molecule has 8 heteroatoms. The van der Waals surface area contributed by atoms with Gasteiger partial charge in [-0.1, -0.05) is 0 Å². The van der Waals surface area contributed by atoms with Gasteiger partial charge in [-0.25, -0.2) is 4.68 Å².